The molecule has 29 heavy (non-hydrogen) atoms. The number of aromatic nitrogens is 4. The van der Waals surface area contributed by atoms with Crippen LogP contribution in [0.3, 0.4) is 0 Å². The first-order chi connectivity index (χ1) is 13.7. The average Bonchev–Trinajstić information content (AvgIpc) is 3.33. The highest BCUT2D eigenvalue weighted by molar-refractivity contribution is 7.89. The Balaban J connectivity index is 1.55. The van der Waals surface area contributed by atoms with Gasteiger partial charge < -0.3 is 4.52 Å². The number of sulfonamides is 1. The third kappa shape index (κ3) is 3.40. The smallest absolute Gasteiger partial charge is 0.231 e. The zero-order valence-electron chi connectivity index (χ0n) is 17.8. The van der Waals surface area contributed by atoms with Gasteiger partial charge in [-0.15, -0.1) is 0 Å². The van der Waals surface area contributed by atoms with Gasteiger partial charge >= 0.3 is 0 Å². The Morgan fingerprint density at radius 2 is 1.90 bits per heavy atom. The molecule has 1 atom stereocenters. The normalized spacial score (nSPS) is 22.4. The third-order valence-corrected chi connectivity index (χ3v) is 8.30. The standard InChI is InChI=1S/C19H30N6O3S/c1-6-25-14(4)16(13(3)21-25)8-23-10-19(11-23)12-24(29(26,27)7-2)9-17(19)18-20-15(5)22-28-18/h17H,6-12H2,1-5H3. The molecule has 4 rings (SSSR count). The van der Waals surface area contributed by atoms with Crippen LogP contribution in [0.4, 0.5) is 0 Å². The fourth-order valence-corrected chi connectivity index (χ4v) is 6.08. The van der Waals surface area contributed by atoms with E-state index in [2.05, 4.69) is 40.9 Å². The van der Waals surface area contributed by atoms with E-state index >= 15 is 0 Å². The minimum atomic E-state index is -3.26. The summed E-state index contributed by atoms with van der Waals surface area (Å²) in [4.78, 5) is 6.80. The molecule has 2 aromatic rings. The van der Waals surface area contributed by atoms with Crippen LogP contribution >= 0.6 is 0 Å². The second-order valence-electron chi connectivity index (χ2n) is 8.40. The summed E-state index contributed by atoms with van der Waals surface area (Å²) >= 11 is 0. The zero-order valence-corrected chi connectivity index (χ0v) is 18.7. The van der Waals surface area contributed by atoms with Crippen LogP contribution in [0.15, 0.2) is 4.52 Å². The van der Waals surface area contributed by atoms with E-state index in [-0.39, 0.29) is 17.1 Å². The van der Waals surface area contributed by atoms with Gasteiger partial charge in [0.25, 0.3) is 0 Å². The number of likely N-dealkylation sites (tertiary alicyclic amines) is 1. The summed E-state index contributed by atoms with van der Waals surface area (Å²) in [6.07, 6.45) is 0. The van der Waals surface area contributed by atoms with Gasteiger partial charge in [0.1, 0.15) is 0 Å². The molecule has 1 unspecified atom stereocenters. The topological polar surface area (TPSA) is 97.4 Å². The van der Waals surface area contributed by atoms with Crippen molar-refractivity contribution in [1.82, 2.24) is 29.1 Å². The van der Waals surface area contributed by atoms with E-state index in [1.54, 1.807) is 18.2 Å². The molecule has 0 aromatic carbocycles. The molecule has 4 heterocycles. The largest absolute Gasteiger partial charge is 0.339 e. The van der Waals surface area contributed by atoms with Crippen molar-refractivity contribution < 1.29 is 12.9 Å². The van der Waals surface area contributed by atoms with Crippen LogP contribution < -0.4 is 0 Å². The zero-order chi connectivity index (χ0) is 21.0. The van der Waals surface area contributed by atoms with Crippen LogP contribution in [0, 0.1) is 26.2 Å². The summed E-state index contributed by atoms with van der Waals surface area (Å²) in [5.41, 5.74) is 3.36. The maximum absolute atomic E-state index is 12.5. The van der Waals surface area contributed by atoms with E-state index in [1.807, 2.05) is 4.68 Å². The number of hydrogen-bond acceptors (Lipinski definition) is 7. The Hall–Kier alpha value is -1.78. The summed E-state index contributed by atoms with van der Waals surface area (Å²) in [6.45, 7) is 14.0. The van der Waals surface area contributed by atoms with Crippen LogP contribution in [0.25, 0.3) is 0 Å². The first-order valence-electron chi connectivity index (χ1n) is 10.2. The van der Waals surface area contributed by atoms with Gasteiger partial charge in [-0.05, 0) is 34.6 Å². The molecule has 2 aromatic heterocycles. The van der Waals surface area contributed by atoms with Gasteiger partial charge in [0, 0.05) is 55.9 Å². The van der Waals surface area contributed by atoms with Crippen molar-refractivity contribution >= 4 is 10.0 Å². The molecule has 10 heteroatoms. The lowest BCUT2D eigenvalue weighted by Crippen LogP contribution is -2.59. The summed E-state index contributed by atoms with van der Waals surface area (Å²) in [5, 5.41) is 8.55. The average molecular weight is 423 g/mol. The van der Waals surface area contributed by atoms with E-state index in [9.17, 15) is 8.42 Å². The van der Waals surface area contributed by atoms with Gasteiger partial charge in [-0.3, -0.25) is 9.58 Å². The van der Waals surface area contributed by atoms with Crippen molar-refractivity contribution in [3.05, 3.63) is 28.7 Å². The van der Waals surface area contributed by atoms with Crippen molar-refractivity contribution in [2.24, 2.45) is 5.41 Å². The Morgan fingerprint density at radius 3 is 2.45 bits per heavy atom. The minimum Gasteiger partial charge on any atom is -0.339 e. The highest BCUT2D eigenvalue weighted by Crippen LogP contribution is 2.50. The van der Waals surface area contributed by atoms with Gasteiger partial charge in [0.15, 0.2) is 5.82 Å². The molecule has 0 aliphatic carbocycles. The highest BCUT2D eigenvalue weighted by atomic mass is 32.2. The lowest BCUT2D eigenvalue weighted by Gasteiger charge is -2.50. The SMILES string of the molecule is CCn1nc(C)c(CN2CC3(C2)CN(S(=O)(=O)CC)CC3c2nc(C)no2)c1C. The first-order valence-corrected chi connectivity index (χ1v) is 11.8. The number of hydrogen-bond donors (Lipinski definition) is 0. The molecule has 0 saturated carbocycles. The van der Waals surface area contributed by atoms with Crippen LogP contribution in [0.2, 0.25) is 0 Å². The summed E-state index contributed by atoms with van der Waals surface area (Å²) < 4.78 is 34.2. The molecular weight excluding hydrogens is 392 g/mol. The predicted molar refractivity (Wildman–Crippen MR) is 108 cm³/mol. The minimum absolute atomic E-state index is 0.0677. The Morgan fingerprint density at radius 1 is 1.17 bits per heavy atom. The lowest BCUT2D eigenvalue weighted by molar-refractivity contribution is -0.0119. The fraction of sp³-hybridized carbons (Fsp3) is 0.737. The fourth-order valence-electron chi connectivity index (χ4n) is 4.88. The van der Waals surface area contributed by atoms with Crippen molar-refractivity contribution in [1.29, 1.82) is 0 Å². The second kappa shape index (κ2) is 7.17. The molecule has 2 fully saturated rings. The molecule has 2 aliphatic heterocycles. The van der Waals surface area contributed by atoms with Gasteiger partial charge in [0.2, 0.25) is 15.9 Å². The monoisotopic (exact) mass is 422 g/mol. The summed E-state index contributed by atoms with van der Waals surface area (Å²) in [7, 11) is -3.26. The molecule has 2 aliphatic rings. The molecule has 0 bridgehead atoms. The summed E-state index contributed by atoms with van der Waals surface area (Å²) in [6, 6.07) is 0. The van der Waals surface area contributed by atoms with Crippen LogP contribution in [-0.4, -0.2) is 69.5 Å². The molecule has 160 valence electrons. The molecule has 2 saturated heterocycles. The van der Waals surface area contributed by atoms with E-state index in [0.29, 0.717) is 24.8 Å². The maximum atomic E-state index is 12.5. The van der Waals surface area contributed by atoms with Crippen molar-refractivity contribution in [2.45, 2.75) is 53.6 Å². The first kappa shape index (κ1) is 20.5. The Labute approximate surface area is 172 Å². The Kier molecular flexibility index (Phi) is 5.07. The van der Waals surface area contributed by atoms with Crippen molar-refractivity contribution in [2.75, 3.05) is 31.9 Å². The number of aryl methyl sites for hydroxylation is 3. The molecular formula is C19H30N6O3S. The van der Waals surface area contributed by atoms with Crippen LogP contribution in [0.1, 0.15) is 48.4 Å². The van der Waals surface area contributed by atoms with Crippen molar-refractivity contribution in [3.8, 4) is 0 Å². The van der Waals surface area contributed by atoms with E-state index in [0.717, 1.165) is 31.9 Å². The Bertz CT molecular complexity index is 1010. The molecule has 1 spiro atoms. The van der Waals surface area contributed by atoms with E-state index < -0.39 is 10.0 Å². The number of nitrogens with zero attached hydrogens (tertiary/aromatic N) is 6. The van der Waals surface area contributed by atoms with Crippen molar-refractivity contribution in [3.63, 3.8) is 0 Å². The maximum Gasteiger partial charge on any atom is 0.231 e. The van der Waals surface area contributed by atoms with E-state index in [4.69, 9.17) is 4.52 Å². The van der Waals surface area contributed by atoms with Crippen LogP contribution in [0.5, 0.6) is 0 Å². The summed E-state index contributed by atoms with van der Waals surface area (Å²) in [5.74, 6) is 1.18. The molecule has 0 radical (unpaired) electrons. The lowest BCUT2D eigenvalue weighted by atomic mass is 9.71. The predicted octanol–water partition coefficient (Wildman–Crippen LogP) is 1.46. The molecule has 0 N–H and O–H groups in total. The second-order valence-corrected chi connectivity index (χ2v) is 10.7. The quantitative estimate of drug-likeness (QED) is 0.695. The third-order valence-electron chi connectivity index (χ3n) is 6.51. The molecule has 0 amide bonds. The van der Waals surface area contributed by atoms with Gasteiger partial charge in [0.05, 0.1) is 17.4 Å². The van der Waals surface area contributed by atoms with Gasteiger partial charge in [-0.2, -0.15) is 10.1 Å². The van der Waals surface area contributed by atoms with Gasteiger partial charge in [-0.1, -0.05) is 5.16 Å². The van der Waals surface area contributed by atoms with Crippen LogP contribution in [-0.2, 0) is 23.1 Å². The highest BCUT2D eigenvalue weighted by Gasteiger charge is 2.58. The number of rotatable bonds is 6. The van der Waals surface area contributed by atoms with Gasteiger partial charge in [-0.25, -0.2) is 12.7 Å². The van der Waals surface area contributed by atoms with E-state index in [1.165, 1.54) is 11.3 Å². The molecule has 9 nitrogen and oxygen atoms in total.